The van der Waals surface area contributed by atoms with Crippen LogP contribution >= 0.6 is 27.5 Å². The van der Waals surface area contributed by atoms with E-state index in [1.807, 2.05) is 38.1 Å². The smallest absolute Gasteiger partial charge is 0.311 e. The molecule has 3 rings (SSSR count). The highest BCUT2D eigenvalue weighted by Crippen LogP contribution is 2.29. The molecule has 8 heteroatoms. The summed E-state index contributed by atoms with van der Waals surface area (Å²) in [4.78, 5) is 38.4. The minimum absolute atomic E-state index is 0.0653. The molecule has 29 heavy (non-hydrogen) atoms. The Morgan fingerprint density at radius 2 is 2.03 bits per heavy atom. The number of halogens is 2. The van der Waals surface area contributed by atoms with Crippen molar-refractivity contribution in [3.05, 3.63) is 57.0 Å². The van der Waals surface area contributed by atoms with Gasteiger partial charge in [-0.2, -0.15) is 0 Å². The van der Waals surface area contributed by atoms with Gasteiger partial charge in [-0.3, -0.25) is 14.4 Å². The summed E-state index contributed by atoms with van der Waals surface area (Å²) in [7, 11) is 0. The number of ether oxygens (including phenoxy) is 1. The van der Waals surface area contributed by atoms with Crippen molar-refractivity contribution in [1.82, 2.24) is 0 Å². The Balaban J connectivity index is 1.55. The van der Waals surface area contributed by atoms with Crippen LogP contribution in [0, 0.1) is 19.8 Å². The lowest BCUT2D eigenvalue weighted by molar-refractivity contribution is -0.151. The Hall–Kier alpha value is -2.38. The quantitative estimate of drug-likeness (QED) is 0.651. The van der Waals surface area contributed by atoms with Gasteiger partial charge in [0.25, 0.3) is 5.91 Å². The topological polar surface area (TPSA) is 75.7 Å². The Labute approximate surface area is 182 Å². The van der Waals surface area contributed by atoms with Crippen LogP contribution < -0.4 is 10.2 Å². The SMILES string of the molecule is Cc1cccc(N2C[C@H](C(=O)OCC(=O)Nc3cc(Cl)c(Br)cc3C)CC2=O)c1. The van der Waals surface area contributed by atoms with E-state index in [4.69, 9.17) is 16.3 Å². The first kappa shape index (κ1) is 21.3. The third-order valence-electron chi connectivity index (χ3n) is 4.66. The normalized spacial score (nSPS) is 16.1. The highest BCUT2D eigenvalue weighted by Gasteiger charge is 2.36. The van der Waals surface area contributed by atoms with E-state index in [0.29, 0.717) is 10.7 Å². The fraction of sp³-hybridized carbons (Fsp3) is 0.286. The number of carbonyl (C=O) groups excluding carboxylic acids is 3. The molecular weight excluding hydrogens is 460 g/mol. The number of nitrogens with one attached hydrogen (secondary N) is 1. The van der Waals surface area contributed by atoms with E-state index in [2.05, 4.69) is 21.2 Å². The van der Waals surface area contributed by atoms with E-state index in [1.54, 1.807) is 17.0 Å². The number of anilines is 2. The van der Waals surface area contributed by atoms with E-state index in [1.165, 1.54) is 0 Å². The lowest BCUT2D eigenvalue weighted by Gasteiger charge is -2.17. The molecule has 1 heterocycles. The molecule has 0 bridgehead atoms. The first-order valence-electron chi connectivity index (χ1n) is 9.03. The van der Waals surface area contributed by atoms with Gasteiger partial charge in [-0.1, -0.05) is 23.7 Å². The maximum absolute atomic E-state index is 12.3. The number of esters is 1. The van der Waals surface area contributed by atoms with Gasteiger partial charge in [-0.05, 0) is 65.2 Å². The van der Waals surface area contributed by atoms with Crippen molar-refractivity contribution < 1.29 is 19.1 Å². The molecule has 1 aliphatic heterocycles. The summed E-state index contributed by atoms with van der Waals surface area (Å²) in [5.74, 6) is -1.77. The van der Waals surface area contributed by atoms with Crippen LogP contribution in [0.2, 0.25) is 5.02 Å². The first-order chi connectivity index (χ1) is 13.7. The van der Waals surface area contributed by atoms with Gasteiger partial charge < -0.3 is 15.0 Å². The summed E-state index contributed by atoms with van der Waals surface area (Å²) in [6.07, 6.45) is 0.0653. The predicted octanol–water partition coefficient (Wildman–Crippen LogP) is 4.25. The molecule has 0 saturated carbocycles. The van der Waals surface area contributed by atoms with E-state index >= 15 is 0 Å². The van der Waals surface area contributed by atoms with Crippen LogP contribution in [0.3, 0.4) is 0 Å². The minimum Gasteiger partial charge on any atom is -0.455 e. The monoisotopic (exact) mass is 478 g/mol. The van der Waals surface area contributed by atoms with Crippen LogP contribution in [0.25, 0.3) is 0 Å². The third kappa shape index (κ3) is 5.16. The number of benzene rings is 2. The second kappa shape index (κ2) is 8.97. The molecule has 0 aromatic heterocycles. The zero-order valence-electron chi connectivity index (χ0n) is 16.0. The molecule has 1 saturated heterocycles. The van der Waals surface area contributed by atoms with Crippen molar-refractivity contribution in [3.8, 4) is 0 Å². The highest BCUT2D eigenvalue weighted by atomic mass is 79.9. The second-order valence-electron chi connectivity index (χ2n) is 6.98. The highest BCUT2D eigenvalue weighted by molar-refractivity contribution is 9.10. The predicted molar refractivity (Wildman–Crippen MR) is 115 cm³/mol. The van der Waals surface area contributed by atoms with Crippen LogP contribution in [0.4, 0.5) is 11.4 Å². The average molecular weight is 480 g/mol. The molecule has 1 fully saturated rings. The maximum Gasteiger partial charge on any atom is 0.311 e. The van der Waals surface area contributed by atoms with Gasteiger partial charge in [-0.15, -0.1) is 0 Å². The van der Waals surface area contributed by atoms with Crippen molar-refractivity contribution in [2.75, 3.05) is 23.4 Å². The van der Waals surface area contributed by atoms with E-state index < -0.39 is 24.4 Å². The van der Waals surface area contributed by atoms with Crippen LogP contribution in [0.1, 0.15) is 17.5 Å². The standard InChI is InChI=1S/C21H20BrClN2O4/c1-12-4-3-5-15(6-12)25-10-14(8-20(25)27)21(28)29-11-19(26)24-18-9-17(23)16(22)7-13(18)2/h3-7,9,14H,8,10-11H2,1-2H3,(H,24,26)/t14-/m1/s1. The number of hydrogen-bond donors (Lipinski definition) is 1. The summed E-state index contributed by atoms with van der Waals surface area (Å²) in [6.45, 7) is 3.58. The van der Waals surface area contributed by atoms with Crippen molar-refractivity contribution in [3.63, 3.8) is 0 Å². The Kier molecular flexibility index (Phi) is 6.59. The minimum atomic E-state index is -0.598. The molecule has 0 radical (unpaired) electrons. The summed E-state index contributed by atoms with van der Waals surface area (Å²) in [5, 5.41) is 3.14. The molecular formula is C21H20BrClN2O4. The fourth-order valence-electron chi connectivity index (χ4n) is 3.13. The van der Waals surface area contributed by atoms with Crippen LogP contribution in [-0.2, 0) is 19.1 Å². The lowest BCUT2D eigenvalue weighted by atomic mass is 10.1. The van der Waals surface area contributed by atoms with Crippen molar-refractivity contribution in [1.29, 1.82) is 0 Å². The molecule has 0 spiro atoms. The third-order valence-corrected chi connectivity index (χ3v) is 5.86. The molecule has 2 aromatic carbocycles. The zero-order chi connectivity index (χ0) is 21.1. The van der Waals surface area contributed by atoms with Gasteiger partial charge in [-0.25, -0.2) is 0 Å². The molecule has 2 amide bonds. The van der Waals surface area contributed by atoms with Gasteiger partial charge in [0.2, 0.25) is 5.91 Å². The average Bonchev–Trinajstić information content (AvgIpc) is 3.06. The summed E-state index contributed by atoms with van der Waals surface area (Å²) >= 11 is 9.37. The maximum atomic E-state index is 12.3. The largest absolute Gasteiger partial charge is 0.455 e. The van der Waals surface area contributed by atoms with Gasteiger partial charge in [0.1, 0.15) is 0 Å². The van der Waals surface area contributed by atoms with E-state index in [0.717, 1.165) is 21.3 Å². The molecule has 6 nitrogen and oxygen atoms in total. The number of aryl methyl sites for hydroxylation is 2. The second-order valence-corrected chi connectivity index (χ2v) is 8.24. The van der Waals surface area contributed by atoms with Crippen LogP contribution in [0.15, 0.2) is 40.9 Å². The number of hydrogen-bond acceptors (Lipinski definition) is 4. The van der Waals surface area contributed by atoms with E-state index in [9.17, 15) is 14.4 Å². The van der Waals surface area contributed by atoms with Gasteiger partial charge in [0.05, 0.1) is 10.9 Å². The molecule has 1 N–H and O–H groups in total. The molecule has 152 valence electrons. The van der Waals surface area contributed by atoms with Crippen LogP contribution in [-0.4, -0.2) is 30.9 Å². The summed E-state index contributed by atoms with van der Waals surface area (Å²) in [5.41, 5.74) is 3.14. The number of amides is 2. The fourth-order valence-corrected chi connectivity index (χ4v) is 3.75. The Bertz CT molecular complexity index is 979. The Morgan fingerprint density at radius 1 is 1.28 bits per heavy atom. The lowest BCUT2D eigenvalue weighted by Crippen LogP contribution is -2.28. The zero-order valence-corrected chi connectivity index (χ0v) is 18.3. The van der Waals surface area contributed by atoms with Gasteiger partial charge in [0.15, 0.2) is 6.61 Å². The van der Waals surface area contributed by atoms with Crippen molar-refractivity contribution in [2.24, 2.45) is 5.92 Å². The molecule has 0 unspecified atom stereocenters. The Morgan fingerprint density at radius 3 is 2.76 bits per heavy atom. The van der Waals surface area contributed by atoms with Crippen molar-refractivity contribution >= 4 is 56.7 Å². The summed E-state index contributed by atoms with van der Waals surface area (Å²) < 4.78 is 5.86. The van der Waals surface area contributed by atoms with Crippen LogP contribution in [0.5, 0.6) is 0 Å². The molecule has 0 aliphatic carbocycles. The number of carbonyl (C=O) groups is 3. The number of rotatable bonds is 5. The molecule has 1 atom stereocenters. The molecule has 1 aliphatic rings. The number of nitrogens with zero attached hydrogens (tertiary/aromatic N) is 1. The molecule has 2 aromatic rings. The summed E-state index contributed by atoms with van der Waals surface area (Å²) in [6, 6.07) is 10.9. The van der Waals surface area contributed by atoms with Gasteiger partial charge >= 0.3 is 5.97 Å². The first-order valence-corrected chi connectivity index (χ1v) is 10.2. The van der Waals surface area contributed by atoms with E-state index in [-0.39, 0.29) is 18.9 Å². The van der Waals surface area contributed by atoms with Gasteiger partial charge in [0, 0.05) is 28.8 Å². The van der Waals surface area contributed by atoms with Crippen molar-refractivity contribution in [2.45, 2.75) is 20.3 Å².